The van der Waals surface area contributed by atoms with Gasteiger partial charge in [0.2, 0.25) is 0 Å². The van der Waals surface area contributed by atoms with Crippen molar-refractivity contribution < 1.29 is 13.3 Å². The molecule has 0 aliphatic rings. The Labute approximate surface area is 139 Å². The van der Waals surface area contributed by atoms with Gasteiger partial charge in [0.1, 0.15) is 0 Å². The zero-order valence-electron chi connectivity index (χ0n) is 15.6. The molecule has 0 fully saturated rings. The third-order valence-electron chi connectivity index (χ3n) is 3.64. The SMILES string of the molecule is CCCCCC=C(CCCCC)[Si](OCC)(OCC)OCC. The second-order valence-electron chi connectivity index (χ2n) is 5.54. The Morgan fingerprint density at radius 2 is 1.23 bits per heavy atom. The first-order valence-corrected chi connectivity index (χ1v) is 11.0. The quantitative estimate of drug-likeness (QED) is 0.286. The van der Waals surface area contributed by atoms with Crippen LogP contribution in [-0.4, -0.2) is 28.6 Å². The molecule has 4 heteroatoms. The first-order chi connectivity index (χ1) is 10.7. The normalized spacial score (nSPS) is 12.9. The van der Waals surface area contributed by atoms with Gasteiger partial charge in [0, 0.05) is 19.8 Å². The van der Waals surface area contributed by atoms with Gasteiger partial charge in [-0.3, -0.25) is 0 Å². The Hall–Kier alpha value is -0.163. The molecule has 0 amide bonds. The molecule has 0 atom stereocenters. The van der Waals surface area contributed by atoms with Crippen molar-refractivity contribution >= 4 is 8.80 Å². The monoisotopic (exact) mass is 330 g/mol. The maximum absolute atomic E-state index is 6.09. The van der Waals surface area contributed by atoms with E-state index in [1.54, 1.807) is 0 Å². The van der Waals surface area contributed by atoms with Crippen molar-refractivity contribution in [2.24, 2.45) is 0 Å². The predicted molar refractivity (Wildman–Crippen MR) is 97.0 cm³/mol. The standard InChI is InChI=1S/C18H38O3Si/c1-6-11-13-15-17-18(16-14-12-7-2)22(19-8-3,20-9-4)21-10-5/h17H,6-16H2,1-5H3. The maximum Gasteiger partial charge on any atom is 0.532 e. The minimum absolute atomic E-state index is 0.645. The molecular weight excluding hydrogens is 292 g/mol. The molecule has 0 rings (SSSR count). The third kappa shape index (κ3) is 8.46. The fourth-order valence-corrected chi connectivity index (χ4v) is 5.41. The molecule has 0 bridgehead atoms. The molecule has 0 aliphatic carbocycles. The van der Waals surface area contributed by atoms with Crippen LogP contribution in [0, 0.1) is 0 Å². The van der Waals surface area contributed by atoms with E-state index in [-0.39, 0.29) is 0 Å². The van der Waals surface area contributed by atoms with Crippen LogP contribution in [0.4, 0.5) is 0 Å². The van der Waals surface area contributed by atoms with Gasteiger partial charge in [-0.05, 0) is 51.7 Å². The summed E-state index contributed by atoms with van der Waals surface area (Å²) in [5.41, 5.74) is 0. The Morgan fingerprint density at radius 3 is 1.68 bits per heavy atom. The van der Waals surface area contributed by atoms with Gasteiger partial charge in [-0.15, -0.1) is 0 Å². The Kier molecular flexibility index (Phi) is 14.3. The average molecular weight is 331 g/mol. The highest BCUT2D eigenvalue weighted by Gasteiger charge is 2.44. The summed E-state index contributed by atoms with van der Waals surface area (Å²) in [5.74, 6) is 0. The molecule has 0 radical (unpaired) electrons. The summed E-state index contributed by atoms with van der Waals surface area (Å²) < 4.78 is 18.3. The van der Waals surface area contributed by atoms with Gasteiger partial charge in [-0.2, -0.15) is 0 Å². The zero-order valence-corrected chi connectivity index (χ0v) is 16.6. The molecular formula is C18H38O3Si. The lowest BCUT2D eigenvalue weighted by atomic mass is 10.1. The second kappa shape index (κ2) is 14.4. The lowest BCUT2D eigenvalue weighted by molar-refractivity contribution is 0.0795. The van der Waals surface area contributed by atoms with Crippen LogP contribution in [-0.2, 0) is 13.3 Å². The summed E-state index contributed by atoms with van der Waals surface area (Å²) in [6.07, 6.45) is 12.0. The zero-order chi connectivity index (χ0) is 16.7. The van der Waals surface area contributed by atoms with Crippen LogP contribution in [0.5, 0.6) is 0 Å². The minimum Gasteiger partial charge on any atom is -0.370 e. The summed E-state index contributed by atoms with van der Waals surface area (Å²) in [5, 5.41) is 1.31. The van der Waals surface area contributed by atoms with Gasteiger partial charge in [0.15, 0.2) is 0 Å². The van der Waals surface area contributed by atoms with Crippen LogP contribution >= 0.6 is 0 Å². The van der Waals surface area contributed by atoms with E-state index in [1.807, 2.05) is 20.8 Å². The first-order valence-electron chi connectivity index (χ1n) is 9.31. The highest BCUT2D eigenvalue weighted by atomic mass is 28.4. The Bertz CT molecular complexity index is 262. The van der Waals surface area contributed by atoms with Crippen molar-refractivity contribution in [1.82, 2.24) is 0 Å². The Balaban J connectivity index is 5.11. The van der Waals surface area contributed by atoms with Crippen molar-refractivity contribution in [3.8, 4) is 0 Å². The fraction of sp³-hybridized carbons (Fsp3) is 0.889. The number of allylic oxidation sites excluding steroid dienone is 2. The molecule has 0 aliphatic heterocycles. The molecule has 0 heterocycles. The van der Waals surface area contributed by atoms with Crippen LogP contribution in [0.25, 0.3) is 0 Å². The van der Waals surface area contributed by atoms with Crippen molar-refractivity contribution in [3.63, 3.8) is 0 Å². The highest BCUT2D eigenvalue weighted by Crippen LogP contribution is 2.26. The summed E-state index contributed by atoms with van der Waals surface area (Å²) >= 11 is 0. The van der Waals surface area contributed by atoms with E-state index in [4.69, 9.17) is 13.3 Å². The molecule has 0 unspecified atom stereocenters. The molecule has 22 heavy (non-hydrogen) atoms. The van der Waals surface area contributed by atoms with E-state index in [0.29, 0.717) is 19.8 Å². The number of hydrogen-bond donors (Lipinski definition) is 0. The maximum atomic E-state index is 6.09. The van der Waals surface area contributed by atoms with E-state index in [1.165, 1.54) is 43.7 Å². The van der Waals surface area contributed by atoms with Gasteiger partial charge in [-0.1, -0.05) is 45.6 Å². The van der Waals surface area contributed by atoms with Crippen LogP contribution in [0.15, 0.2) is 11.3 Å². The lowest BCUT2D eigenvalue weighted by Crippen LogP contribution is -2.48. The van der Waals surface area contributed by atoms with Crippen LogP contribution in [0.3, 0.4) is 0 Å². The van der Waals surface area contributed by atoms with E-state index < -0.39 is 8.80 Å². The number of unbranched alkanes of at least 4 members (excludes halogenated alkanes) is 5. The molecule has 0 N–H and O–H groups in total. The van der Waals surface area contributed by atoms with E-state index >= 15 is 0 Å². The minimum atomic E-state index is -2.67. The largest absolute Gasteiger partial charge is 0.532 e. The van der Waals surface area contributed by atoms with Gasteiger partial charge < -0.3 is 13.3 Å². The second-order valence-corrected chi connectivity index (χ2v) is 8.16. The molecule has 0 saturated carbocycles. The number of rotatable bonds is 15. The third-order valence-corrected chi connectivity index (χ3v) is 6.89. The van der Waals surface area contributed by atoms with Gasteiger partial charge in [0.05, 0.1) is 0 Å². The topological polar surface area (TPSA) is 27.7 Å². The summed E-state index contributed by atoms with van der Waals surface area (Å²) in [4.78, 5) is 0. The van der Waals surface area contributed by atoms with Crippen LogP contribution in [0.2, 0.25) is 0 Å². The molecule has 3 nitrogen and oxygen atoms in total. The average Bonchev–Trinajstić information content (AvgIpc) is 2.50. The lowest BCUT2D eigenvalue weighted by Gasteiger charge is -2.31. The molecule has 0 aromatic heterocycles. The predicted octanol–water partition coefficient (Wildman–Crippen LogP) is 5.66. The molecule has 132 valence electrons. The summed E-state index contributed by atoms with van der Waals surface area (Å²) in [6, 6.07) is 0. The molecule has 0 saturated heterocycles. The van der Waals surface area contributed by atoms with Crippen molar-refractivity contribution in [2.75, 3.05) is 19.8 Å². The highest BCUT2D eigenvalue weighted by molar-refractivity contribution is 6.68. The van der Waals surface area contributed by atoms with Gasteiger partial charge >= 0.3 is 8.80 Å². The van der Waals surface area contributed by atoms with Crippen molar-refractivity contribution in [1.29, 1.82) is 0 Å². The first kappa shape index (κ1) is 21.8. The number of hydrogen-bond acceptors (Lipinski definition) is 3. The van der Waals surface area contributed by atoms with E-state index in [2.05, 4.69) is 19.9 Å². The van der Waals surface area contributed by atoms with Crippen molar-refractivity contribution in [3.05, 3.63) is 11.3 Å². The van der Waals surface area contributed by atoms with Crippen LogP contribution in [0.1, 0.15) is 86.0 Å². The Morgan fingerprint density at radius 1 is 0.727 bits per heavy atom. The molecule has 0 spiro atoms. The van der Waals surface area contributed by atoms with E-state index in [9.17, 15) is 0 Å². The fourth-order valence-electron chi connectivity index (χ4n) is 2.59. The summed E-state index contributed by atoms with van der Waals surface area (Å²) in [6.45, 7) is 12.5. The smallest absolute Gasteiger partial charge is 0.370 e. The van der Waals surface area contributed by atoms with E-state index in [0.717, 1.165) is 12.8 Å². The molecule has 0 aromatic rings. The van der Waals surface area contributed by atoms with Gasteiger partial charge in [-0.25, -0.2) is 0 Å². The summed E-state index contributed by atoms with van der Waals surface area (Å²) in [7, 11) is -2.67. The van der Waals surface area contributed by atoms with Crippen LogP contribution < -0.4 is 0 Å². The molecule has 0 aromatic carbocycles. The van der Waals surface area contributed by atoms with Crippen molar-refractivity contribution in [2.45, 2.75) is 86.0 Å². The van der Waals surface area contributed by atoms with Gasteiger partial charge in [0.25, 0.3) is 0 Å².